The van der Waals surface area contributed by atoms with Crippen LogP contribution in [0.2, 0.25) is 0 Å². The van der Waals surface area contributed by atoms with Gasteiger partial charge < -0.3 is 28.1 Å². The van der Waals surface area contributed by atoms with E-state index >= 15 is 0 Å². The maximum absolute atomic E-state index is 12.4. The Hall–Kier alpha value is -1.91. The van der Waals surface area contributed by atoms with Crippen molar-refractivity contribution in [2.45, 2.75) is 49.7 Å². The molecular formula is C19H18N2O6S. The molecule has 9 heteroatoms. The summed E-state index contributed by atoms with van der Waals surface area (Å²) >= 11 is 5.87. The highest BCUT2D eigenvalue weighted by atomic mass is 32.1. The molecule has 4 bridgehead atoms. The van der Waals surface area contributed by atoms with E-state index in [-0.39, 0.29) is 35.9 Å². The number of hydrogen-bond donors (Lipinski definition) is 0. The van der Waals surface area contributed by atoms with Gasteiger partial charge in [-0.25, -0.2) is 0 Å². The number of ether oxygens (including phenoxy) is 4. The van der Waals surface area contributed by atoms with Crippen LogP contribution in [0.15, 0.2) is 24.3 Å². The van der Waals surface area contributed by atoms with Crippen molar-refractivity contribution in [1.29, 1.82) is 0 Å². The number of benzene rings is 1. The van der Waals surface area contributed by atoms with Gasteiger partial charge >= 0.3 is 0 Å². The molecule has 6 atom stereocenters. The van der Waals surface area contributed by atoms with Crippen LogP contribution in [-0.2, 0) is 28.5 Å². The van der Waals surface area contributed by atoms with Crippen LogP contribution < -0.4 is 0 Å². The third-order valence-corrected chi connectivity index (χ3v) is 6.49. The van der Waals surface area contributed by atoms with Gasteiger partial charge in [-0.05, 0) is 24.4 Å². The molecule has 6 rings (SSSR count). The van der Waals surface area contributed by atoms with E-state index < -0.39 is 12.6 Å². The molecule has 8 nitrogen and oxygen atoms in total. The monoisotopic (exact) mass is 402 g/mol. The Kier molecular flexibility index (Phi) is 3.67. The summed E-state index contributed by atoms with van der Waals surface area (Å²) in [6, 6.07) is 7.36. The first-order chi connectivity index (χ1) is 13.6. The summed E-state index contributed by atoms with van der Waals surface area (Å²) in [5, 5.41) is 0. The van der Waals surface area contributed by atoms with E-state index in [1.807, 2.05) is 33.4 Å². The molecule has 0 saturated carbocycles. The summed E-state index contributed by atoms with van der Waals surface area (Å²) in [5.41, 5.74) is 1.82. The summed E-state index contributed by atoms with van der Waals surface area (Å²) in [7, 11) is 0. The second-order valence-corrected chi connectivity index (χ2v) is 8.03. The molecule has 0 spiro atoms. The van der Waals surface area contributed by atoms with Crippen LogP contribution in [0.25, 0.3) is 11.0 Å². The first-order valence-electron chi connectivity index (χ1n) is 9.43. The second-order valence-electron chi connectivity index (χ2n) is 7.67. The van der Waals surface area contributed by atoms with E-state index in [4.69, 9.17) is 31.2 Å². The molecule has 4 fully saturated rings. The Morgan fingerprint density at radius 3 is 1.75 bits per heavy atom. The van der Waals surface area contributed by atoms with Gasteiger partial charge in [-0.2, -0.15) is 0 Å². The Morgan fingerprint density at radius 1 is 0.821 bits per heavy atom. The molecule has 2 aromatic rings. The molecule has 1 aromatic carbocycles. The molecule has 0 unspecified atom stereocenters. The standard InChI is InChI=1S/C19H18N2O6S/c22-13-5-11(15-7-24-17(13)26-15)20-9-3-1-2-4-10(9)21(19(20)28)12-6-14(23)18-25-8-16(12)27-18/h1-4,11-12,15-18H,5-8H2/t11-,12+,15-,16-,17+,18+/m1/s1. The minimum Gasteiger partial charge on any atom is -0.343 e. The highest BCUT2D eigenvalue weighted by molar-refractivity contribution is 7.71. The average Bonchev–Trinajstić information content (AvgIpc) is 3.38. The van der Waals surface area contributed by atoms with Gasteiger partial charge in [-0.3, -0.25) is 9.59 Å². The van der Waals surface area contributed by atoms with Crippen LogP contribution in [-0.4, -0.2) is 58.7 Å². The van der Waals surface area contributed by atoms with E-state index in [0.29, 0.717) is 30.8 Å². The average molecular weight is 402 g/mol. The van der Waals surface area contributed by atoms with Crippen LogP contribution >= 0.6 is 12.2 Å². The fraction of sp³-hybridized carbons (Fsp3) is 0.526. The smallest absolute Gasteiger partial charge is 0.218 e. The number of imidazole rings is 1. The number of fused-ring (bicyclic) bond motifs is 5. The fourth-order valence-electron chi connectivity index (χ4n) is 4.80. The number of carbonyl (C=O) groups is 2. The number of carbonyl (C=O) groups excluding carboxylic acids is 2. The Labute approximate surface area is 164 Å². The van der Waals surface area contributed by atoms with Gasteiger partial charge in [-0.15, -0.1) is 0 Å². The van der Waals surface area contributed by atoms with Crippen molar-refractivity contribution >= 4 is 34.8 Å². The van der Waals surface area contributed by atoms with Gasteiger partial charge in [0.2, 0.25) is 12.6 Å². The van der Waals surface area contributed by atoms with Crippen LogP contribution in [0.5, 0.6) is 0 Å². The van der Waals surface area contributed by atoms with E-state index in [9.17, 15) is 9.59 Å². The van der Waals surface area contributed by atoms with E-state index in [1.165, 1.54) is 0 Å². The highest BCUT2D eigenvalue weighted by Gasteiger charge is 2.47. The van der Waals surface area contributed by atoms with Crippen molar-refractivity contribution < 1.29 is 28.5 Å². The van der Waals surface area contributed by atoms with E-state index in [0.717, 1.165) is 11.0 Å². The molecule has 4 aliphatic heterocycles. The predicted molar refractivity (Wildman–Crippen MR) is 97.3 cm³/mol. The number of ketones is 2. The first kappa shape index (κ1) is 17.0. The zero-order chi connectivity index (χ0) is 19.0. The van der Waals surface area contributed by atoms with Gasteiger partial charge in [0.05, 0.1) is 36.3 Å². The van der Waals surface area contributed by atoms with Gasteiger partial charge in [0, 0.05) is 12.8 Å². The molecule has 28 heavy (non-hydrogen) atoms. The number of hydrogen-bond acceptors (Lipinski definition) is 7. The third-order valence-electron chi connectivity index (χ3n) is 6.10. The number of Topliss-reactive ketones (excluding diaryl/α,β-unsaturated/α-hetero) is 2. The lowest BCUT2D eigenvalue weighted by molar-refractivity contribution is -0.156. The molecule has 5 heterocycles. The molecule has 4 saturated heterocycles. The third kappa shape index (κ3) is 2.28. The molecule has 0 amide bonds. The maximum atomic E-state index is 12.4. The molecule has 0 radical (unpaired) electrons. The number of nitrogens with zero attached hydrogens (tertiary/aromatic N) is 2. The highest BCUT2D eigenvalue weighted by Crippen LogP contribution is 2.39. The molecule has 0 aliphatic carbocycles. The number of para-hydroxylation sites is 2. The van der Waals surface area contributed by atoms with Gasteiger partial charge in [-0.1, -0.05) is 12.1 Å². The van der Waals surface area contributed by atoms with Gasteiger partial charge in [0.25, 0.3) is 0 Å². The van der Waals surface area contributed by atoms with Crippen molar-refractivity contribution in [1.82, 2.24) is 9.13 Å². The van der Waals surface area contributed by atoms with Crippen LogP contribution in [0.1, 0.15) is 24.9 Å². The molecule has 4 aliphatic rings. The lowest BCUT2D eigenvalue weighted by Crippen LogP contribution is -2.38. The number of rotatable bonds is 2. The molecule has 1 aromatic heterocycles. The summed E-state index contributed by atoms with van der Waals surface area (Å²) < 4.78 is 27.0. The second kappa shape index (κ2) is 6.04. The quantitative estimate of drug-likeness (QED) is 0.707. The SMILES string of the molecule is O=C1C[C@@H](n2c(=S)n([C@H]3CC(=O)[C@H]4OC[C@H]3O4)c3ccccc32)[C@H]2CO[C@H]1O2. The Bertz CT molecular complexity index is 980. The topological polar surface area (TPSA) is 80.9 Å². The lowest BCUT2D eigenvalue weighted by atomic mass is 10.0. The Morgan fingerprint density at radius 2 is 1.29 bits per heavy atom. The number of aromatic nitrogens is 2. The van der Waals surface area contributed by atoms with Crippen LogP contribution in [0.3, 0.4) is 0 Å². The summed E-state index contributed by atoms with van der Waals surface area (Å²) in [6.07, 6.45) is -1.32. The molecule has 0 N–H and O–H groups in total. The zero-order valence-electron chi connectivity index (χ0n) is 14.9. The van der Waals surface area contributed by atoms with Crippen molar-refractivity contribution in [3.63, 3.8) is 0 Å². The van der Waals surface area contributed by atoms with E-state index in [2.05, 4.69) is 0 Å². The Balaban J connectivity index is 1.52. The first-order valence-corrected chi connectivity index (χ1v) is 9.83. The summed E-state index contributed by atoms with van der Waals surface area (Å²) in [5.74, 6) is -0.138. The largest absolute Gasteiger partial charge is 0.343 e. The predicted octanol–water partition coefficient (Wildman–Crippen LogP) is 1.68. The maximum Gasteiger partial charge on any atom is 0.218 e. The normalized spacial score (nSPS) is 37.1. The lowest BCUT2D eigenvalue weighted by Gasteiger charge is -2.29. The van der Waals surface area contributed by atoms with Crippen molar-refractivity contribution in [2.24, 2.45) is 0 Å². The van der Waals surface area contributed by atoms with Gasteiger partial charge in [0.15, 0.2) is 16.3 Å². The fourth-order valence-corrected chi connectivity index (χ4v) is 5.27. The van der Waals surface area contributed by atoms with Crippen molar-refractivity contribution in [2.75, 3.05) is 13.2 Å². The summed E-state index contributed by atoms with van der Waals surface area (Å²) in [6.45, 7) is 0.733. The van der Waals surface area contributed by atoms with E-state index in [1.54, 1.807) is 0 Å². The van der Waals surface area contributed by atoms with Gasteiger partial charge in [0.1, 0.15) is 12.2 Å². The minimum absolute atomic E-state index is 0.0688. The van der Waals surface area contributed by atoms with Crippen LogP contribution in [0.4, 0.5) is 0 Å². The molecular weight excluding hydrogens is 384 g/mol. The molecule has 146 valence electrons. The van der Waals surface area contributed by atoms with Crippen molar-refractivity contribution in [3.8, 4) is 0 Å². The van der Waals surface area contributed by atoms with Crippen molar-refractivity contribution in [3.05, 3.63) is 29.0 Å². The minimum atomic E-state index is -0.749. The van der Waals surface area contributed by atoms with Crippen LogP contribution in [0, 0.1) is 4.77 Å². The zero-order valence-corrected chi connectivity index (χ0v) is 15.7. The summed E-state index contributed by atoms with van der Waals surface area (Å²) in [4.78, 5) is 24.7.